The summed E-state index contributed by atoms with van der Waals surface area (Å²) in [7, 11) is 0. The van der Waals surface area contributed by atoms with E-state index in [1.54, 1.807) is 0 Å². The minimum Gasteiger partial charge on any atom is -0.310 e. The van der Waals surface area contributed by atoms with Gasteiger partial charge < -0.3 is 19.6 Å². The molecule has 0 unspecified atom stereocenters. The number of anilines is 12. The van der Waals surface area contributed by atoms with E-state index in [9.17, 15) is 0 Å². The summed E-state index contributed by atoms with van der Waals surface area (Å²) < 4.78 is 0. The SMILES string of the molecule is c1ccc(N(c2ccc3ccccc3c2)c2ccc3c(N(c4ccccc4)c4ccccc4)c4cc(N(c5ccccc5)c5ccc6ccccc6c5)ccc4c(N(c4ccccc4)c4ccccc4)c3c2)cc1. The molecule has 0 aliphatic heterocycles. The number of benzene rings is 13. The molecule has 0 saturated heterocycles. The van der Waals surface area contributed by atoms with Crippen molar-refractivity contribution >= 4 is 111 Å². The summed E-state index contributed by atoms with van der Waals surface area (Å²) in [6.45, 7) is 0. The molecule has 13 aromatic rings. The number of nitrogens with zero attached hydrogens (tertiary/aromatic N) is 4. The molecule has 74 heavy (non-hydrogen) atoms. The number of hydrogen-bond donors (Lipinski definition) is 0. The van der Waals surface area contributed by atoms with Crippen molar-refractivity contribution in [3.63, 3.8) is 0 Å². The van der Waals surface area contributed by atoms with Gasteiger partial charge >= 0.3 is 0 Å². The monoisotopic (exact) mass is 946 g/mol. The van der Waals surface area contributed by atoms with E-state index in [1.165, 1.54) is 21.5 Å². The molecule has 4 nitrogen and oxygen atoms in total. The molecule has 0 aromatic heterocycles. The predicted molar refractivity (Wildman–Crippen MR) is 315 cm³/mol. The highest BCUT2D eigenvalue weighted by atomic mass is 15.2. The van der Waals surface area contributed by atoms with Crippen LogP contribution in [0.4, 0.5) is 68.2 Å². The molecule has 0 N–H and O–H groups in total. The van der Waals surface area contributed by atoms with Gasteiger partial charge in [0.2, 0.25) is 0 Å². The molecule has 0 aliphatic carbocycles. The van der Waals surface area contributed by atoms with Crippen molar-refractivity contribution in [3.8, 4) is 0 Å². The van der Waals surface area contributed by atoms with Gasteiger partial charge in [-0.3, -0.25) is 0 Å². The van der Waals surface area contributed by atoms with Crippen LogP contribution in [-0.2, 0) is 0 Å². The summed E-state index contributed by atoms with van der Waals surface area (Å²) in [6.07, 6.45) is 0. The van der Waals surface area contributed by atoms with Crippen LogP contribution in [0.5, 0.6) is 0 Å². The van der Waals surface area contributed by atoms with Crippen LogP contribution >= 0.6 is 0 Å². The van der Waals surface area contributed by atoms with Gasteiger partial charge in [0.05, 0.1) is 11.4 Å². The lowest BCUT2D eigenvalue weighted by molar-refractivity contribution is 1.27. The first-order valence-electron chi connectivity index (χ1n) is 25.3. The fourth-order valence-electron chi connectivity index (χ4n) is 10.7. The second kappa shape index (κ2) is 19.4. The van der Waals surface area contributed by atoms with Gasteiger partial charge in [-0.15, -0.1) is 0 Å². The van der Waals surface area contributed by atoms with Crippen LogP contribution < -0.4 is 19.6 Å². The zero-order chi connectivity index (χ0) is 49.2. The quantitative estimate of drug-likeness (QED) is 0.0894. The lowest BCUT2D eigenvalue weighted by Crippen LogP contribution is -2.16. The van der Waals surface area contributed by atoms with Crippen LogP contribution in [-0.4, -0.2) is 0 Å². The van der Waals surface area contributed by atoms with Crippen LogP contribution in [0, 0.1) is 0 Å². The van der Waals surface area contributed by atoms with Crippen LogP contribution in [0.2, 0.25) is 0 Å². The van der Waals surface area contributed by atoms with Crippen LogP contribution in [0.15, 0.2) is 303 Å². The highest BCUT2D eigenvalue weighted by molar-refractivity contribution is 6.24. The van der Waals surface area contributed by atoms with E-state index in [2.05, 4.69) is 323 Å². The molecule has 13 rings (SSSR count). The smallest absolute Gasteiger partial charge is 0.0620 e. The van der Waals surface area contributed by atoms with Crippen molar-refractivity contribution < 1.29 is 0 Å². The first kappa shape index (κ1) is 44.1. The Morgan fingerprint density at radius 3 is 0.703 bits per heavy atom. The third-order valence-electron chi connectivity index (χ3n) is 14.1. The Morgan fingerprint density at radius 1 is 0.149 bits per heavy atom. The van der Waals surface area contributed by atoms with Gasteiger partial charge in [-0.2, -0.15) is 0 Å². The predicted octanol–water partition coefficient (Wildman–Crippen LogP) is 20.2. The fourth-order valence-corrected chi connectivity index (χ4v) is 10.7. The molecule has 0 bridgehead atoms. The van der Waals surface area contributed by atoms with Gasteiger partial charge in [-0.05, 0) is 143 Å². The molecular formula is C70H50N4. The van der Waals surface area contributed by atoms with Crippen LogP contribution in [0.3, 0.4) is 0 Å². The van der Waals surface area contributed by atoms with Crippen LogP contribution in [0.25, 0.3) is 43.1 Å². The average Bonchev–Trinajstić information content (AvgIpc) is 3.48. The summed E-state index contributed by atoms with van der Waals surface area (Å²) in [5, 5.41) is 9.17. The summed E-state index contributed by atoms with van der Waals surface area (Å²) in [5.41, 5.74) is 12.8. The zero-order valence-corrected chi connectivity index (χ0v) is 40.7. The molecule has 13 aromatic carbocycles. The Hall–Kier alpha value is -9.90. The van der Waals surface area contributed by atoms with Crippen molar-refractivity contribution in [2.75, 3.05) is 19.6 Å². The lowest BCUT2D eigenvalue weighted by Gasteiger charge is -2.34. The Morgan fingerprint density at radius 2 is 0.392 bits per heavy atom. The van der Waals surface area contributed by atoms with Crippen LogP contribution in [0.1, 0.15) is 0 Å². The molecule has 350 valence electrons. The Kier molecular flexibility index (Phi) is 11.5. The molecule has 4 heteroatoms. The molecule has 0 saturated carbocycles. The van der Waals surface area contributed by atoms with Crippen molar-refractivity contribution in [2.45, 2.75) is 0 Å². The van der Waals surface area contributed by atoms with E-state index in [1.807, 2.05) is 0 Å². The number of fused-ring (bicyclic) bond motifs is 4. The van der Waals surface area contributed by atoms with E-state index in [0.717, 1.165) is 89.8 Å². The van der Waals surface area contributed by atoms with Crippen molar-refractivity contribution in [3.05, 3.63) is 303 Å². The van der Waals surface area contributed by atoms with E-state index in [-0.39, 0.29) is 0 Å². The number of hydrogen-bond acceptors (Lipinski definition) is 4. The molecule has 0 spiro atoms. The van der Waals surface area contributed by atoms with Gasteiger partial charge in [0.15, 0.2) is 0 Å². The third-order valence-corrected chi connectivity index (χ3v) is 14.1. The van der Waals surface area contributed by atoms with Crippen molar-refractivity contribution in [1.29, 1.82) is 0 Å². The van der Waals surface area contributed by atoms with E-state index < -0.39 is 0 Å². The summed E-state index contributed by atoms with van der Waals surface area (Å²) in [5.74, 6) is 0. The Labute approximate surface area is 432 Å². The zero-order valence-electron chi connectivity index (χ0n) is 40.7. The van der Waals surface area contributed by atoms with Crippen molar-refractivity contribution in [2.24, 2.45) is 0 Å². The lowest BCUT2D eigenvalue weighted by atomic mass is 9.93. The molecule has 0 atom stereocenters. The molecule has 0 amide bonds. The largest absolute Gasteiger partial charge is 0.310 e. The van der Waals surface area contributed by atoms with Gasteiger partial charge in [0.25, 0.3) is 0 Å². The maximum Gasteiger partial charge on any atom is 0.0620 e. The topological polar surface area (TPSA) is 13.0 Å². The maximum absolute atomic E-state index is 2.45. The van der Waals surface area contributed by atoms with E-state index >= 15 is 0 Å². The minimum absolute atomic E-state index is 1.04. The van der Waals surface area contributed by atoms with E-state index in [0.29, 0.717) is 0 Å². The summed E-state index contributed by atoms with van der Waals surface area (Å²) >= 11 is 0. The number of rotatable bonds is 12. The second-order valence-corrected chi connectivity index (χ2v) is 18.6. The van der Waals surface area contributed by atoms with Gasteiger partial charge in [0, 0.05) is 78.4 Å². The Balaban J connectivity index is 1.18. The fraction of sp³-hybridized carbons (Fsp3) is 0. The molecule has 0 radical (unpaired) electrons. The molecule has 0 fully saturated rings. The van der Waals surface area contributed by atoms with Gasteiger partial charge in [-0.25, -0.2) is 0 Å². The maximum atomic E-state index is 2.45. The highest BCUT2D eigenvalue weighted by Gasteiger charge is 2.28. The summed E-state index contributed by atoms with van der Waals surface area (Å²) in [6, 6.07) is 110. The first-order chi connectivity index (χ1) is 36.7. The normalized spacial score (nSPS) is 11.2. The Bertz CT molecular complexity index is 3730. The average molecular weight is 947 g/mol. The third kappa shape index (κ3) is 8.20. The summed E-state index contributed by atoms with van der Waals surface area (Å²) in [4.78, 5) is 9.69. The minimum atomic E-state index is 1.04. The van der Waals surface area contributed by atoms with Crippen molar-refractivity contribution in [1.82, 2.24) is 0 Å². The standard InChI is InChI=1S/C70H50N4/c1-7-27-55(28-8-1)71(61-41-39-51-23-19-21-25-53(51)47-61)63-43-45-65-67(49-63)69(73(57-31-11-3-12-32-57)58-33-13-4-14-34-58)66-46-44-64(50-68(66)70(65)74(59-35-15-5-16-36-59)60-37-17-6-18-38-60)72(56-29-9-2-10-30-56)62-42-40-52-24-20-22-26-54(52)48-62/h1-50H. The molecule has 0 heterocycles. The molecular weight excluding hydrogens is 897 g/mol. The molecule has 0 aliphatic rings. The van der Waals surface area contributed by atoms with Gasteiger partial charge in [-0.1, -0.05) is 182 Å². The first-order valence-corrected chi connectivity index (χ1v) is 25.3. The number of para-hydroxylation sites is 6. The van der Waals surface area contributed by atoms with E-state index in [4.69, 9.17) is 0 Å². The second-order valence-electron chi connectivity index (χ2n) is 18.6. The van der Waals surface area contributed by atoms with Gasteiger partial charge in [0.1, 0.15) is 0 Å². The highest BCUT2D eigenvalue weighted by Crippen LogP contribution is 2.54.